The van der Waals surface area contributed by atoms with Crippen LogP contribution in [-0.2, 0) is 10.0 Å². The third-order valence-corrected chi connectivity index (χ3v) is 6.81. The number of hydrogen-bond acceptors (Lipinski definition) is 5. The van der Waals surface area contributed by atoms with Gasteiger partial charge >= 0.3 is 6.36 Å². The lowest BCUT2D eigenvalue weighted by Gasteiger charge is -2.19. The van der Waals surface area contributed by atoms with Gasteiger partial charge in [-0.15, -0.1) is 24.5 Å². The second-order valence-electron chi connectivity index (χ2n) is 5.95. The maximum Gasteiger partial charge on any atom is 0.573 e. The molecule has 158 valence electrons. The molecule has 0 aliphatic rings. The van der Waals surface area contributed by atoms with Crippen LogP contribution in [0.4, 0.5) is 24.5 Å². The zero-order valence-electron chi connectivity index (χ0n) is 15.4. The fourth-order valence-electron chi connectivity index (χ4n) is 2.52. The van der Waals surface area contributed by atoms with Gasteiger partial charge in [0.2, 0.25) is 0 Å². The monoisotopic (exact) mass is 456 g/mol. The number of nitrogens with one attached hydrogen (secondary N) is 1. The average Bonchev–Trinajstić information content (AvgIpc) is 3.19. The van der Waals surface area contributed by atoms with Gasteiger partial charge in [0.05, 0.1) is 5.69 Å². The van der Waals surface area contributed by atoms with Crippen molar-refractivity contribution in [1.29, 1.82) is 0 Å². The Morgan fingerprint density at radius 2 is 1.67 bits per heavy atom. The Morgan fingerprint density at radius 3 is 2.27 bits per heavy atom. The van der Waals surface area contributed by atoms with Crippen molar-refractivity contribution in [2.24, 2.45) is 0 Å². The van der Waals surface area contributed by atoms with Gasteiger partial charge in [0.25, 0.3) is 15.9 Å². The van der Waals surface area contributed by atoms with Crippen LogP contribution in [0.1, 0.15) is 9.67 Å². The highest BCUT2D eigenvalue weighted by molar-refractivity contribution is 7.93. The molecule has 0 saturated carbocycles. The van der Waals surface area contributed by atoms with Crippen LogP contribution in [0.2, 0.25) is 0 Å². The number of alkyl halides is 3. The fraction of sp³-hybridized carbons (Fsp3) is 0.105. The van der Waals surface area contributed by atoms with Gasteiger partial charge in [-0.3, -0.25) is 9.10 Å². The Labute approximate surface area is 174 Å². The number of rotatable bonds is 6. The summed E-state index contributed by atoms with van der Waals surface area (Å²) < 4.78 is 67.5. The first-order valence-electron chi connectivity index (χ1n) is 8.36. The highest BCUT2D eigenvalue weighted by Gasteiger charge is 2.31. The maximum absolute atomic E-state index is 13.0. The molecule has 1 N–H and O–H groups in total. The van der Waals surface area contributed by atoms with Crippen molar-refractivity contribution in [3.05, 3.63) is 70.9 Å². The second-order valence-corrected chi connectivity index (χ2v) is 8.80. The molecule has 0 aliphatic carbocycles. The molecule has 0 aliphatic heterocycles. The van der Waals surface area contributed by atoms with Gasteiger partial charge in [-0.2, -0.15) is 0 Å². The molecule has 0 unspecified atom stereocenters. The molecule has 2 aromatic carbocycles. The molecule has 0 fully saturated rings. The molecule has 3 aromatic rings. The van der Waals surface area contributed by atoms with E-state index in [1.54, 1.807) is 30.3 Å². The Kier molecular flexibility index (Phi) is 6.04. The van der Waals surface area contributed by atoms with E-state index < -0.39 is 28.0 Å². The molecule has 0 bridgehead atoms. The molecule has 1 aromatic heterocycles. The Balaban J connectivity index is 1.80. The van der Waals surface area contributed by atoms with E-state index in [0.29, 0.717) is 5.69 Å². The number of benzene rings is 2. The molecule has 0 radical (unpaired) electrons. The summed E-state index contributed by atoms with van der Waals surface area (Å²) in [5.74, 6) is -1.14. The zero-order valence-corrected chi connectivity index (χ0v) is 17.0. The van der Waals surface area contributed by atoms with E-state index in [0.717, 1.165) is 27.8 Å². The van der Waals surface area contributed by atoms with E-state index >= 15 is 0 Å². The number of hydrogen-bond donors (Lipinski definition) is 1. The van der Waals surface area contributed by atoms with Crippen LogP contribution in [0.5, 0.6) is 5.75 Å². The Morgan fingerprint density at radius 1 is 1.03 bits per heavy atom. The first-order chi connectivity index (χ1) is 14.1. The third kappa shape index (κ3) is 4.92. The van der Waals surface area contributed by atoms with Crippen molar-refractivity contribution in [3.8, 4) is 5.75 Å². The summed E-state index contributed by atoms with van der Waals surface area (Å²) in [6, 6.07) is 14.2. The van der Waals surface area contributed by atoms with Crippen molar-refractivity contribution < 1.29 is 31.1 Å². The van der Waals surface area contributed by atoms with Crippen LogP contribution < -0.4 is 14.4 Å². The van der Waals surface area contributed by atoms with Crippen molar-refractivity contribution in [2.75, 3.05) is 16.7 Å². The lowest BCUT2D eigenvalue weighted by Crippen LogP contribution is -2.28. The summed E-state index contributed by atoms with van der Waals surface area (Å²) in [4.78, 5) is 12.4. The summed E-state index contributed by atoms with van der Waals surface area (Å²) in [6.45, 7) is 0. The number of halogens is 3. The Hall–Kier alpha value is -3.05. The summed E-state index contributed by atoms with van der Waals surface area (Å²) >= 11 is 0.936. The molecule has 3 rings (SSSR count). The van der Waals surface area contributed by atoms with Crippen LogP contribution in [-0.4, -0.2) is 27.7 Å². The average molecular weight is 456 g/mol. The van der Waals surface area contributed by atoms with Gasteiger partial charge in [-0.05, 0) is 47.8 Å². The van der Waals surface area contributed by atoms with Crippen LogP contribution in [0.3, 0.4) is 0 Å². The summed E-state index contributed by atoms with van der Waals surface area (Å²) in [5.41, 5.74) is 0.609. The maximum atomic E-state index is 13.0. The Bertz CT molecular complexity index is 1130. The van der Waals surface area contributed by atoms with Crippen LogP contribution in [0.25, 0.3) is 0 Å². The number of amides is 1. The predicted octanol–water partition coefficient (Wildman–Crippen LogP) is 4.72. The minimum atomic E-state index is -4.82. The number of ether oxygens (including phenoxy) is 1. The van der Waals surface area contributed by atoms with Gasteiger partial charge in [0.15, 0.2) is 0 Å². The van der Waals surface area contributed by atoms with E-state index in [2.05, 4.69) is 10.1 Å². The van der Waals surface area contributed by atoms with Crippen molar-refractivity contribution in [2.45, 2.75) is 11.3 Å². The number of carbonyl (C=O) groups excluding carboxylic acids is 1. The van der Waals surface area contributed by atoms with Crippen molar-refractivity contribution >= 4 is 38.6 Å². The van der Waals surface area contributed by atoms with E-state index in [1.807, 2.05) is 0 Å². The van der Waals surface area contributed by atoms with E-state index in [9.17, 15) is 26.4 Å². The molecule has 30 heavy (non-hydrogen) atoms. The van der Waals surface area contributed by atoms with Crippen molar-refractivity contribution in [1.82, 2.24) is 0 Å². The minimum Gasteiger partial charge on any atom is -0.406 e. The number of sulfonamides is 1. The highest BCUT2D eigenvalue weighted by atomic mass is 32.2. The summed E-state index contributed by atoms with van der Waals surface area (Å²) in [5, 5.41) is 3.95. The second kappa shape index (κ2) is 8.36. The standard InChI is InChI=1S/C19H15F3N2O4S2/c1-24(14-5-3-2-4-6-14)30(26,27)16-11-12-29-17(16)18(25)23-13-7-9-15(10-8-13)28-19(20,21)22/h2-12H,1H3,(H,23,25). The first kappa shape index (κ1) is 21.7. The van der Waals surface area contributed by atoms with Gasteiger partial charge < -0.3 is 10.1 Å². The highest BCUT2D eigenvalue weighted by Crippen LogP contribution is 2.29. The molecule has 0 atom stereocenters. The van der Waals surface area contributed by atoms with E-state index in [1.165, 1.54) is 30.6 Å². The zero-order chi connectivity index (χ0) is 21.9. The van der Waals surface area contributed by atoms with E-state index in [-0.39, 0.29) is 15.5 Å². The van der Waals surface area contributed by atoms with Gasteiger partial charge in [0.1, 0.15) is 15.5 Å². The largest absolute Gasteiger partial charge is 0.573 e. The SMILES string of the molecule is CN(c1ccccc1)S(=O)(=O)c1ccsc1C(=O)Nc1ccc(OC(F)(F)F)cc1. The lowest BCUT2D eigenvalue weighted by atomic mass is 10.3. The smallest absolute Gasteiger partial charge is 0.406 e. The molecule has 0 saturated heterocycles. The van der Waals surface area contributed by atoms with Crippen LogP contribution in [0.15, 0.2) is 70.9 Å². The minimum absolute atomic E-state index is 0.0478. The number of anilines is 2. The number of thiophene rings is 1. The molecule has 0 spiro atoms. The number of nitrogens with zero attached hydrogens (tertiary/aromatic N) is 1. The molecule has 1 amide bonds. The summed E-state index contributed by atoms with van der Waals surface area (Å²) in [6.07, 6.45) is -4.82. The van der Waals surface area contributed by atoms with E-state index in [4.69, 9.17) is 0 Å². The number of para-hydroxylation sites is 1. The fourth-order valence-corrected chi connectivity index (χ4v) is 5.01. The van der Waals surface area contributed by atoms with Gasteiger partial charge in [0, 0.05) is 12.7 Å². The summed E-state index contributed by atoms with van der Waals surface area (Å²) in [7, 11) is -2.63. The molecular formula is C19H15F3N2O4S2. The van der Waals surface area contributed by atoms with Crippen LogP contribution in [0, 0.1) is 0 Å². The molecule has 11 heteroatoms. The van der Waals surface area contributed by atoms with Crippen molar-refractivity contribution in [3.63, 3.8) is 0 Å². The normalized spacial score (nSPS) is 11.7. The quantitative estimate of drug-likeness (QED) is 0.582. The topological polar surface area (TPSA) is 75.7 Å². The number of carbonyl (C=O) groups is 1. The molecular weight excluding hydrogens is 441 g/mol. The molecule has 6 nitrogen and oxygen atoms in total. The van der Waals surface area contributed by atoms with Gasteiger partial charge in [-0.25, -0.2) is 8.42 Å². The third-order valence-electron chi connectivity index (χ3n) is 3.94. The molecule has 1 heterocycles. The van der Waals surface area contributed by atoms with Gasteiger partial charge in [-0.1, -0.05) is 18.2 Å². The van der Waals surface area contributed by atoms with Crippen LogP contribution >= 0.6 is 11.3 Å². The first-order valence-corrected chi connectivity index (χ1v) is 10.7. The predicted molar refractivity (Wildman–Crippen MR) is 107 cm³/mol. The lowest BCUT2D eigenvalue weighted by molar-refractivity contribution is -0.274.